The second-order valence-corrected chi connectivity index (χ2v) is 4.40. The third-order valence-corrected chi connectivity index (χ3v) is 3.18. The first-order valence-corrected chi connectivity index (χ1v) is 5.93. The Kier molecular flexibility index (Phi) is 5.55. The molecule has 0 bridgehead atoms. The van der Waals surface area contributed by atoms with Gasteiger partial charge in [0.15, 0.2) is 0 Å². The van der Waals surface area contributed by atoms with E-state index < -0.39 is 18.2 Å². The number of carbonyl (C=O) groups excluding carboxylic acids is 1. The van der Waals surface area contributed by atoms with Gasteiger partial charge in [-0.2, -0.15) is 0 Å². The lowest BCUT2D eigenvalue weighted by Gasteiger charge is -2.30. The van der Waals surface area contributed by atoms with E-state index in [0.717, 1.165) is 25.7 Å². The zero-order chi connectivity index (χ0) is 12.0. The maximum absolute atomic E-state index is 10.8. The zero-order valence-electron chi connectivity index (χ0n) is 9.82. The van der Waals surface area contributed by atoms with Crippen LogP contribution in [0.4, 0.5) is 4.79 Å². The Morgan fingerprint density at radius 3 is 2.69 bits per heavy atom. The second kappa shape index (κ2) is 6.70. The lowest BCUT2D eigenvalue weighted by atomic mass is 9.83. The topological polar surface area (TPSA) is 84.6 Å². The molecule has 1 amide bonds. The highest BCUT2D eigenvalue weighted by Gasteiger charge is 2.27. The SMILES string of the molecule is CNC(=O)OC[C@@H](N)[C@@H](O)C1CCCCC1. The summed E-state index contributed by atoms with van der Waals surface area (Å²) in [5.74, 6) is 0.261. The van der Waals surface area contributed by atoms with E-state index in [1.165, 1.54) is 13.5 Å². The molecule has 1 fully saturated rings. The highest BCUT2D eigenvalue weighted by molar-refractivity contribution is 5.66. The Hall–Kier alpha value is -0.810. The van der Waals surface area contributed by atoms with E-state index in [-0.39, 0.29) is 12.5 Å². The predicted octanol–water partition coefficient (Wildman–Crippen LogP) is 0.611. The first-order chi connectivity index (χ1) is 7.65. The van der Waals surface area contributed by atoms with Crippen LogP contribution in [-0.4, -0.2) is 37.0 Å². The van der Waals surface area contributed by atoms with Gasteiger partial charge in [0, 0.05) is 7.05 Å². The highest BCUT2D eigenvalue weighted by atomic mass is 16.5. The molecule has 0 aromatic heterocycles. The van der Waals surface area contributed by atoms with E-state index in [1.54, 1.807) is 0 Å². The van der Waals surface area contributed by atoms with Crippen molar-refractivity contribution < 1.29 is 14.6 Å². The minimum atomic E-state index is -0.565. The van der Waals surface area contributed by atoms with Crippen molar-refractivity contribution in [2.24, 2.45) is 11.7 Å². The fourth-order valence-corrected chi connectivity index (χ4v) is 2.17. The zero-order valence-corrected chi connectivity index (χ0v) is 9.82. The standard InChI is InChI=1S/C11H22N2O3/c1-13-11(15)16-7-9(12)10(14)8-5-3-2-4-6-8/h8-10,14H,2-7,12H2,1H3,(H,13,15)/t9-,10+/m1/s1. The van der Waals surface area contributed by atoms with Crippen LogP contribution in [0.3, 0.4) is 0 Å². The molecule has 1 aliphatic rings. The molecular formula is C11H22N2O3. The van der Waals surface area contributed by atoms with Crippen molar-refractivity contribution >= 4 is 6.09 Å². The molecule has 0 radical (unpaired) electrons. The minimum absolute atomic E-state index is 0.0668. The Labute approximate surface area is 96.3 Å². The van der Waals surface area contributed by atoms with Gasteiger partial charge in [0.25, 0.3) is 0 Å². The first kappa shape index (κ1) is 13.3. The van der Waals surface area contributed by atoms with Crippen LogP contribution in [0.2, 0.25) is 0 Å². The van der Waals surface area contributed by atoms with Gasteiger partial charge in [-0.15, -0.1) is 0 Å². The minimum Gasteiger partial charge on any atom is -0.448 e. The predicted molar refractivity (Wildman–Crippen MR) is 61.0 cm³/mol. The van der Waals surface area contributed by atoms with E-state index in [4.69, 9.17) is 10.5 Å². The molecule has 5 nitrogen and oxygen atoms in total. The van der Waals surface area contributed by atoms with Crippen LogP contribution in [0.5, 0.6) is 0 Å². The molecule has 0 unspecified atom stereocenters. The van der Waals surface area contributed by atoms with Crippen LogP contribution < -0.4 is 11.1 Å². The maximum atomic E-state index is 10.8. The average Bonchev–Trinajstić information content (AvgIpc) is 2.35. The molecule has 1 rings (SSSR count). The number of alkyl carbamates (subject to hydrolysis) is 1. The number of aliphatic hydroxyl groups is 1. The molecular weight excluding hydrogens is 208 g/mol. The number of ether oxygens (including phenoxy) is 1. The van der Waals surface area contributed by atoms with Crippen molar-refractivity contribution in [3.63, 3.8) is 0 Å². The van der Waals surface area contributed by atoms with Gasteiger partial charge >= 0.3 is 6.09 Å². The highest BCUT2D eigenvalue weighted by Crippen LogP contribution is 2.27. The summed E-state index contributed by atoms with van der Waals surface area (Å²) in [7, 11) is 1.49. The molecule has 5 heteroatoms. The molecule has 0 aliphatic heterocycles. The van der Waals surface area contributed by atoms with Crippen molar-refractivity contribution in [3.05, 3.63) is 0 Å². The summed E-state index contributed by atoms with van der Waals surface area (Å²) in [4.78, 5) is 10.8. The van der Waals surface area contributed by atoms with E-state index in [1.807, 2.05) is 0 Å². The van der Waals surface area contributed by atoms with Gasteiger partial charge in [0.1, 0.15) is 6.61 Å². The summed E-state index contributed by atoms with van der Waals surface area (Å²) in [5, 5.41) is 12.3. The maximum Gasteiger partial charge on any atom is 0.406 e. The van der Waals surface area contributed by atoms with Gasteiger partial charge < -0.3 is 20.9 Å². The molecule has 1 aliphatic carbocycles. The molecule has 0 aromatic rings. The molecule has 0 spiro atoms. The molecule has 16 heavy (non-hydrogen) atoms. The van der Waals surface area contributed by atoms with Crippen LogP contribution in [0.25, 0.3) is 0 Å². The molecule has 2 atom stereocenters. The number of hydrogen-bond donors (Lipinski definition) is 3. The molecule has 94 valence electrons. The van der Waals surface area contributed by atoms with Crippen LogP contribution in [0.15, 0.2) is 0 Å². The number of amides is 1. The van der Waals surface area contributed by atoms with Gasteiger partial charge in [0.05, 0.1) is 12.1 Å². The Balaban J connectivity index is 2.28. The lowest BCUT2D eigenvalue weighted by molar-refractivity contribution is 0.0367. The molecule has 0 heterocycles. The summed E-state index contributed by atoms with van der Waals surface area (Å²) >= 11 is 0. The summed E-state index contributed by atoms with van der Waals surface area (Å²) in [6.45, 7) is 0.0668. The third-order valence-electron chi connectivity index (χ3n) is 3.18. The number of nitrogens with two attached hydrogens (primary N) is 1. The van der Waals surface area contributed by atoms with Crippen molar-refractivity contribution in [1.82, 2.24) is 5.32 Å². The normalized spacial score (nSPS) is 21.2. The Bertz CT molecular complexity index is 217. The smallest absolute Gasteiger partial charge is 0.406 e. The lowest BCUT2D eigenvalue weighted by Crippen LogP contribution is -2.44. The van der Waals surface area contributed by atoms with Gasteiger partial charge in [-0.25, -0.2) is 4.79 Å². The van der Waals surface area contributed by atoms with Crippen LogP contribution in [-0.2, 0) is 4.74 Å². The number of aliphatic hydroxyl groups excluding tert-OH is 1. The van der Waals surface area contributed by atoms with Gasteiger partial charge in [-0.1, -0.05) is 19.3 Å². The van der Waals surface area contributed by atoms with Gasteiger partial charge in [-0.05, 0) is 18.8 Å². The first-order valence-electron chi connectivity index (χ1n) is 5.93. The Morgan fingerprint density at radius 1 is 1.50 bits per heavy atom. The van der Waals surface area contributed by atoms with E-state index in [0.29, 0.717) is 0 Å². The van der Waals surface area contributed by atoms with E-state index in [2.05, 4.69) is 5.32 Å². The van der Waals surface area contributed by atoms with Crippen molar-refractivity contribution in [1.29, 1.82) is 0 Å². The van der Waals surface area contributed by atoms with E-state index in [9.17, 15) is 9.90 Å². The van der Waals surface area contributed by atoms with Crippen LogP contribution in [0, 0.1) is 5.92 Å². The largest absolute Gasteiger partial charge is 0.448 e. The fourth-order valence-electron chi connectivity index (χ4n) is 2.17. The van der Waals surface area contributed by atoms with Gasteiger partial charge in [0.2, 0.25) is 0 Å². The number of carbonyl (C=O) groups is 1. The fraction of sp³-hybridized carbons (Fsp3) is 0.909. The summed E-state index contributed by atoms with van der Waals surface area (Å²) in [6.07, 6.45) is 4.53. The molecule has 4 N–H and O–H groups in total. The second-order valence-electron chi connectivity index (χ2n) is 4.40. The molecule has 1 saturated carbocycles. The summed E-state index contributed by atoms with van der Waals surface area (Å²) in [5.41, 5.74) is 5.80. The monoisotopic (exact) mass is 230 g/mol. The average molecular weight is 230 g/mol. The van der Waals surface area contributed by atoms with Gasteiger partial charge in [-0.3, -0.25) is 0 Å². The summed E-state index contributed by atoms with van der Waals surface area (Å²) in [6, 6.07) is -0.486. The molecule has 0 aromatic carbocycles. The molecule has 0 saturated heterocycles. The quantitative estimate of drug-likeness (QED) is 0.660. The van der Waals surface area contributed by atoms with Crippen molar-refractivity contribution in [2.45, 2.75) is 44.2 Å². The number of nitrogens with one attached hydrogen (secondary N) is 1. The third kappa shape index (κ3) is 3.98. The van der Waals surface area contributed by atoms with Crippen molar-refractivity contribution in [2.75, 3.05) is 13.7 Å². The van der Waals surface area contributed by atoms with Crippen LogP contribution in [0.1, 0.15) is 32.1 Å². The Morgan fingerprint density at radius 2 is 2.12 bits per heavy atom. The summed E-state index contributed by atoms with van der Waals surface area (Å²) < 4.78 is 4.83. The number of rotatable bonds is 4. The number of hydrogen-bond acceptors (Lipinski definition) is 4. The van der Waals surface area contributed by atoms with Crippen molar-refractivity contribution in [3.8, 4) is 0 Å². The van der Waals surface area contributed by atoms with E-state index >= 15 is 0 Å². The van der Waals surface area contributed by atoms with Crippen LogP contribution >= 0.6 is 0 Å².